The Balaban J connectivity index is 0.000000636. The van der Waals surface area contributed by atoms with E-state index in [-0.39, 0.29) is 0 Å². The van der Waals surface area contributed by atoms with Crippen molar-refractivity contribution in [2.75, 3.05) is 0 Å². The molecule has 1 heterocycles. The standard InChI is InChI=1S/C32H12BF24.C10H10NO/c34-25(35,36)13-1-14(26(37,38)39)6-21(5-13)33(22-7-15(27(40,41)42)2-16(8-22)28(43,44)45,23-9-17(29(46,47)48)3-18(10-23)30(49,50)51)24-11-19(31(52,53)54)4-20(12-24)32(55,56)57;1-2-7-11-8-12-10-6-4-3-5-9(10)11/h1-12H;2-6,8H,1,7H2/q-1;+1. The van der Waals surface area contributed by atoms with Crippen molar-refractivity contribution < 1.29 is 114 Å². The molecule has 0 saturated carbocycles. The van der Waals surface area contributed by atoms with Gasteiger partial charge in [-0.2, -0.15) is 132 Å². The highest BCUT2D eigenvalue weighted by Gasteiger charge is 2.47. The zero-order valence-corrected chi connectivity index (χ0v) is 33.3. The van der Waals surface area contributed by atoms with Crippen LogP contribution in [0.2, 0.25) is 0 Å². The maximum atomic E-state index is 14.2. The summed E-state index contributed by atoms with van der Waals surface area (Å²) < 4.78 is 348. The van der Waals surface area contributed by atoms with Crippen LogP contribution in [0, 0.1) is 0 Å². The molecule has 6 aromatic rings. The first-order valence-electron chi connectivity index (χ1n) is 18.5. The second-order valence-corrected chi connectivity index (χ2v) is 14.9. The predicted molar refractivity (Wildman–Crippen MR) is 197 cm³/mol. The minimum absolute atomic E-state index is 0.691. The Bertz CT molecular complexity index is 2400. The molecule has 69 heavy (non-hydrogen) atoms. The monoisotopic (exact) mass is 1020 g/mol. The van der Waals surface area contributed by atoms with E-state index in [1.54, 1.807) is 6.39 Å². The quantitative estimate of drug-likeness (QED) is 0.0703. The number of benzene rings is 5. The van der Waals surface area contributed by atoms with Gasteiger partial charge in [0.1, 0.15) is 6.15 Å². The molecule has 0 N–H and O–H groups in total. The number of allylic oxidation sites excluding steroid dienone is 1. The number of fused-ring (bicyclic) bond motifs is 1. The largest absolute Gasteiger partial charge is 0.416 e. The molecule has 6 rings (SSSR count). The molecule has 0 bridgehead atoms. The molecule has 0 aliphatic heterocycles. The van der Waals surface area contributed by atoms with Crippen LogP contribution in [-0.4, -0.2) is 6.15 Å². The van der Waals surface area contributed by atoms with Gasteiger partial charge in [-0.25, -0.2) is 0 Å². The Kier molecular flexibility index (Phi) is 13.9. The van der Waals surface area contributed by atoms with Crippen LogP contribution in [0.15, 0.2) is 121 Å². The van der Waals surface area contributed by atoms with Crippen molar-refractivity contribution in [2.24, 2.45) is 0 Å². The number of oxazole rings is 1. The van der Waals surface area contributed by atoms with Crippen molar-refractivity contribution in [1.29, 1.82) is 0 Å². The first-order chi connectivity index (χ1) is 31.2. The summed E-state index contributed by atoms with van der Waals surface area (Å²) in [6, 6.07) is -0.867. The van der Waals surface area contributed by atoms with Crippen molar-refractivity contribution in [3.8, 4) is 0 Å². The average molecular weight is 1020 g/mol. The van der Waals surface area contributed by atoms with E-state index >= 15 is 0 Å². The number of alkyl halides is 24. The Labute approximate surface area is 370 Å². The lowest BCUT2D eigenvalue weighted by Crippen LogP contribution is -2.75. The van der Waals surface area contributed by atoms with Gasteiger partial charge in [-0.05, 0) is 36.4 Å². The van der Waals surface area contributed by atoms with Crippen molar-refractivity contribution >= 4 is 39.1 Å². The van der Waals surface area contributed by atoms with Gasteiger partial charge in [0.2, 0.25) is 5.58 Å². The number of hydrogen-bond acceptors (Lipinski definition) is 1. The summed E-state index contributed by atoms with van der Waals surface area (Å²) in [4.78, 5) is 0. The van der Waals surface area contributed by atoms with E-state index in [0.29, 0.717) is 0 Å². The third-order valence-electron chi connectivity index (χ3n) is 10.2. The summed E-state index contributed by atoms with van der Waals surface area (Å²) in [5.41, 5.74) is -28.2. The molecule has 1 aromatic heterocycles. The van der Waals surface area contributed by atoms with Crippen molar-refractivity contribution in [3.63, 3.8) is 0 Å². The second-order valence-electron chi connectivity index (χ2n) is 14.9. The first-order valence-corrected chi connectivity index (χ1v) is 18.5. The normalized spacial score (nSPS) is 13.6. The zero-order chi connectivity index (χ0) is 52.3. The number of hydrogen-bond donors (Lipinski definition) is 0. The van der Waals surface area contributed by atoms with Crippen LogP contribution < -0.4 is 26.4 Å². The van der Waals surface area contributed by atoms with E-state index in [4.69, 9.17) is 4.42 Å². The molecule has 0 unspecified atom stereocenters. The van der Waals surface area contributed by atoms with Gasteiger partial charge < -0.3 is 4.42 Å². The van der Waals surface area contributed by atoms with Crippen LogP contribution in [0.1, 0.15) is 44.5 Å². The minimum atomic E-state index is -6.13. The summed E-state index contributed by atoms with van der Waals surface area (Å²) >= 11 is 0. The Morgan fingerprint density at radius 1 is 0.377 bits per heavy atom. The summed E-state index contributed by atoms with van der Waals surface area (Å²) in [5.74, 6) is 0. The van der Waals surface area contributed by atoms with Crippen LogP contribution in [0.5, 0.6) is 0 Å². The highest BCUT2D eigenvalue weighted by molar-refractivity contribution is 7.20. The van der Waals surface area contributed by atoms with Crippen LogP contribution in [0.4, 0.5) is 105 Å². The molecule has 0 radical (unpaired) electrons. The SMILES string of the molecule is C=CC[n+]1coc2ccccc21.FC(F)(F)c1cc([B-](c2cc(C(F)(F)F)cc(C(F)(F)F)c2)(c2cc(C(F)(F)F)cc(C(F)(F)F)c2)c2cc(C(F)(F)F)cc(C(F)(F)F)c2)cc(C(F)(F)F)c1. The van der Waals surface area contributed by atoms with Gasteiger partial charge in [-0.1, -0.05) is 67.2 Å². The van der Waals surface area contributed by atoms with E-state index in [2.05, 4.69) is 6.58 Å². The summed E-state index contributed by atoms with van der Waals surface area (Å²) in [6.07, 6.45) is -51.2. The van der Waals surface area contributed by atoms with Gasteiger partial charge in [0.15, 0.2) is 6.54 Å². The van der Waals surface area contributed by atoms with Gasteiger partial charge in [0.25, 0.3) is 5.52 Å². The van der Waals surface area contributed by atoms with Crippen LogP contribution in [0.3, 0.4) is 0 Å². The fourth-order valence-corrected chi connectivity index (χ4v) is 7.32. The van der Waals surface area contributed by atoms with Crippen molar-refractivity contribution in [2.45, 2.75) is 56.0 Å². The number of rotatable bonds is 6. The Morgan fingerprint density at radius 2 is 0.609 bits per heavy atom. The molecular formula is C42H22BF24NO. The van der Waals surface area contributed by atoms with Gasteiger partial charge in [0, 0.05) is 6.07 Å². The highest BCUT2D eigenvalue weighted by Crippen LogP contribution is 2.41. The molecule has 0 saturated heterocycles. The molecule has 5 aromatic carbocycles. The lowest BCUT2D eigenvalue weighted by molar-refractivity contribution is -0.665. The predicted octanol–water partition coefficient (Wildman–Crippen LogP) is 13.1. The number of nitrogens with zero attached hydrogens (tertiary/aromatic N) is 1. The van der Waals surface area contributed by atoms with Crippen LogP contribution in [0.25, 0.3) is 11.1 Å². The molecule has 2 nitrogen and oxygen atoms in total. The van der Waals surface area contributed by atoms with Gasteiger partial charge in [0.05, 0.1) is 44.5 Å². The smallest absolute Gasteiger partial charge is 0.404 e. The van der Waals surface area contributed by atoms with Gasteiger partial charge in [-0.15, -0.1) is 0 Å². The molecule has 0 fully saturated rings. The molecule has 0 spiro atoms. The minimum Gasteiger partial charge on any atom is -0.404 e. The first kappa shape index (κ1) is 53.6. The maximum Gasteiger partial charge on any atom is 0.416 e. The summed E-state index contributed by atoms with van der Waals surface area (Å²) in [6.45, 7) is 4.47. The van der Waals surface area contributed by atoms with E-state index in [0.717, 1.165) is 17.6 Å². The zero-order valence-electron chi connectivity index (χ0n) is 33.3. The molecule has 372 valence electrons. The van der Waals surface area contributed by atoms with E-state index < -0.39 is 195 Å². The Hall–Kier alpha value is -6.31. The van der Waals surface area contributed by atoms with Crippen molar-refractivity contribution in [1.82, 2.24) is 0 Å². The van der Waals surface area contributed by atoms with E-state index in [1.165, 1.54) is 0 Å². The third-order valence-corrected chi connectivity index (χ3v) is 10.2. The molecule has 27 heteroatoms. The van der Waals surface area contributed by atoms with Crippen LogP contribution in [-0.2, 0) is 56.0 Å². The van der Waals surface area contributed by atoms with E-state index in [9.17, 15) is 105 Å². The molecule has 0 atom stereocenters. The lowest BCUT2D eigenvalue weighted by atomic mass is 9.12. The number of para-hydroxylation sites is 2. The fraction of sp³-hybridized carbons (Fsp3) is 0.214. The highest BCUT2D eigenvalue weighted by atomic mass is 19.4. The third kappa shape index (κ3) is 11.8. The molecular weight excluding hydrogens is 1000 g/mol. The summed E-state index contributed by atoms with van der Waals surface area (Å²) in [7, 11) is 0. The Morgan fingerprint density at radius 3 is 0.826 bits per heavy atom. The van der Waals surface area contributed by atoms with Crippen LogP contribution >= 0.6 is 0 Å². The fourth-order valence-electron chi connectivity index (χ4n) is 7.32. The molecule has 0 aliphatic rings. The topological polar surface area (TPSA) is 17.0 Å². The molecule has 0 amide bonds. The lowest BCUT2D eigenvalue weighted by Gasteiger charge is -2.46. The average Bonchev–Trinajstić information content (AvgIpc) is 3.61. The number of aromatic nitrogens is 1. The van der Waals surface area contributed by atoms with Gasteiger partial charge in [-0.3, -0.25) is 0 Å². The maximum absolute atomic E-state index is 14.2. The second kappa shape index (κ2) is 17.9. The summed E-state index contributed by atoms with van der Waals surface area (Å²) in [5, 5.41) is 0. The van der Waals surface area contributed by atoms with Crippen molar-refractivity contribution in [3.05, 3.63) is 161 Å². The van der Waals surface area contributed by atoms with E-state index in [1.807, 2.05) is 34.9 Å². The number of halogens is 24. The van der Waals surface area contributed by atoms with Gasteiger partial charge >= 0.3 is 55.8 Å². The molecule has 0 aliphatic carbocycles.